The van der Waals surface area contributed by atoms with Crippen LogP contribution >= 0.6 is 0 Å². The van der Waals surface area contributed by atoms with Crippen LogP contribution in [-0.4, -0.2) is 57.4 Å². The summed E-state index contributed by atoms with van der Waals surface area (Å²) in [6.45, 7) is 5.13. The molecule has 3 aliphatic heterocycles. The molecule has 3 aliphatic rings. The maximum atomic E-state index is 13.1. The maximum Gasteiger partial charge on any atom is 0.573 e. The number of likely N-dealkylation sites (tertiary alicyclic amines) is 1. The Labute approximate surface area is 205 Å². The molecule has 2 aromatic carbocycles. The third kappa shape index (κ3) is 4.44. The van der Waals surface area contributed by atoms with Crippen molar-refractivity contribution >= 4 is 5.91 Å². The number of amides is 1. The van der Waals surface area contributed by atoms with E-state index < -0.39 is 6.36 Å². The molecule has 2 fully saturated rings. The number of carbonyl (C=O) groups excluding carboxylic acids is 1. The normalized spacial score (nSPS) is 21.4. The lowest BCUT2D eigenvalue weighted by atomic mass is 10.00. The Morgan fingerprint density at radius 1 is 1.19 bits per heavy atom. The quantitative estimate of drug-likeness (QED) is 0.555. The van der Waals surface area contributed by atoms with Gasteiger partial charge in [0, 0.05) is 49.4 Å². The highest BCUT2D eigenvalue weighted by Gasteiger charge is 2.38. The minimum Gasteiger partial charge on any atom is -0.406 e. The van der Waals surface area contributed by atoms with Gasteiger partial charge in [0.15, 0.2) is 0 Å². The summed E-state index contributed by atoms with van der Waals surface area (Å²) in [5.74, 6) is 0.656. The highest BCUT2D eigenvalue weighted by molar-refractivity contribution is 6.00. The number of rotatable bonds is 6. The van der Waals surface area contributed by atoms with Crippen molar-refractivity contribution < 1.29 is 27.2 Å². The minimum absolute atomic E-state index is 0.115. The van der Waals surface area contributed by atoms with Crippen molar-refractivity contribution in [2.45, 2.75) is 51.4 Å². The number of carbonyl (C=O) groups is 1. The predicted octanol–water partition coefficient (Wildman–Crippen LogP) is 3.65. The molecule has 8 nitrogen and oxygen atoms in total. The smallest absolute Gasteiger partial charge is 0.406 e. The highest BCUT2D eigenvalue weighted by Crippen LogP contribution is 2.32. The Balaban J connectivity index is 1.15. The molecule has 11 heteroatoms. The van der Waals surface area contributed by atoms with Crippen LogP contribution in [0.3, 0.4) is 0 Å². The molecule has 3 aromatic rings. The highest BCUT2D eigenvalue weighted by atomic mass is 19.4. The molecule has 2 saturated heterocycles. The van der Waals surface area contributed by atoms with E-state index in [1.807, 2.05) is 19.1 Å². The van der Waals surface area contributed by atoms with Crippen LogP contribution < -0.4 is 10.1 Å². The number of benzene rings is 2. The Bertz CT molecular complexity index is 1310. The molecular weight excluding hydrogens is 475 g/mol. The zero-order valence-corrected chi connectivity index (χ0v) is 19.5. The van der Waals surface area contributed by atoms with Gasteiger partial charge in [-0.25, -0.2) is 0 Å². The van der Waals surface area contributed by atoms with Gasteiger partial charge in [0.05, 0.1) is 6.54 Å². The van der Waals surface area contributed by atoms with Crippen molar-refractivity contribution in [3.63, 3.8) is 0 Å². The Morgan fingerprint density at radius 3 is 2.69 bits per heavy atom. The molecule has 1 amide bonds. The van der Waals surface area contributed by atoms with E-state index in [4.69, 9.17) is 4.52 Å². The van der Waals surface area contributed by atoms with Gasteiger partial charge >= 0.3 is 6.36 Å². The number of nitrogens with zero attached hydrogens (tertiary/aromatic N) is 4. The Hall–Kier alpha value is -3.44. The molecule has 0 spiro atoms. The first-order chi connectivity index (χ1) is 17.2. The van der Waals surface area contributed by atoms with Crippen molar-refractivity contribution in [1.29, 1.82) is 0 Å². The number of aryl methyl sites for hydroxylation is 1. The van der Waals surface area contributed by atoms with Crippen LogP contribution in [0.15, 0.2) is 40.9 Å². The van der Waals surface area contributed by atoms with Gasteiger partial charge in [0.2, 0.25) is 11.7 Å². The zero-order chi connectivity index (χ0) is 25.0. The number of hydrogen-bond acceptors (Lipinski definition) is 7. The third-order valence-corrected chi connectivity index (χ3v) is 7.04. The number of alkyl halides is 3. The summed E-state index contributed by atoms with van der Waals surface area (Å²) >= 11 is 0. The van der Waals surface area contributed by atoms with Crippen LogP contribution in [0.5, 0.6) is 5.75 Å². The van der Waals surface area contributed by atoms with Crippen molar-refractivity contribution in [2.75, 3.05) is 13.1 Å². The Kier molecular flexibility index (Phi) is 5.49. The average Bonchev–Trinajstić information content (AvgIpc) is 3.60. The number of fused-ring (bicyclic) bond motifs is 3. The zero-order valence-electron chi connectivity index (χ0n) is 19.5. The van der Waals surface area contributed by atoms with Gasteiger partial charge in [0.1, 0.15) is 5.75 Å². The second kappa shape index (κ2) is 8.59. The molecule has 0 unspecified atom stereocenters. The lowest BCUT2D eigenvalue weighted by Gasteiger charge is -2.25. The number of nitrogens with one attached hydrogen (secondary N) is 1. The standard InChI is InChI=1S/C25H24F3N5O3/c1-14-6-16(23-30-21(36-31-23)13-32-12-18-8-19(32)9-29-18)7-17-11-33(24(34)22(14)17)10-15-2-4-20(5-3-15)35-25(26,27)28/h2-7,18-19,29H,8-13H2,1H3/t18-,19-/m0/s1. The molecule has 188 valence electrons. The first kappa shape index (κ1) is 23.0. The molecule has 4 heterocycles. The van der Waals surface area contributed by atoms with Crippen LogP contribution in [0.25, 0.3) is 11.4 Å². The first-order valence-electron chi connectivity index (χ1n) is 11.8. The molecular formula is C25H24F3N5O3. The summed E-state index contributed by atoms with van der Waals surface area (Å²) < 4.78 is 46.6. The monoisotopic (exact) mass is 499 g/mol. The fourth-order valence-corrected chi connectivity index (χ4v) is 5.45. The molecule has 1 aromatic heterocycles. The predicted molar refractivity (Wildman–Crippen MR) is 122 cm³/mol. The van der Waals surface area contributed by atoms with E-state index >= 15 is 0 Å². The number of halogens is 3. The van der Waals surface area contributed by atoms with Crippen molar-refractivity contribution in [2.24, 2.45) is 0 Å². The lowest BCUT2D eigenvalue weighted by molar-refractivity contribution is -0.274. The lowest BCUT2D eigenvalue weighted by Crippen LogP contribution is -2.43. The molecule has 0 saturated carbocycles. The van der Waals surface area contributed by atoms with Gasteiger partial charge in [-0.1, -0.05) is 17.3 Å². The molecule has 6 rings (SSSR count). The van der Waals surface area contributed by atoms with Gasteiger partial charge in [-0.15, -0.1) is 13.2 Å². The largest absolute Gasteiger partial charge is 0.573 e. The van der Waals surface area contributed by atoms with Crippen LogP contribution in [0.2, 0.25) is 0 Å². The summed E-state index contributed by atoms with van der Waals surface area (Å²) in [6, 6.07) is 10.4. The second-order valence-electron chi connectivity index (χ2n) is 9.62. The van der Waals surface area contributed by atoms with Crippen LogP contribution in [-0.2, 0) is 19.6 Å². The Morgan fingerprint density at radius 2 is 2.00 bits per heavy atom. The molecule has 2 atom stereocenters. The number of ether oxygens (including phenoxy) is 1. The van der Waals surface area contributed by atoms with E-state index in [1.165, 1.54) is 24.3 Å². The van der Waals surface area contributed by atoms with Gasteiger partial charge in [-0.2, -0.15) is 4.98 Å². The summed E-state index contributed by atoms with van der Waals surface area (Å²) in [6.07, 6.45) is -3.59. The second-order valence-corrected chi connectivity index (χ2v) is 9.62. The van der Waals surface area contributed by atoms with E-state index in [0.29, 0.717) is 48.0 Å². The van der Waals surface area contributed by atoms with Gasteiger partial charge in [0.25, 0.3) is 5.91 Å². The van der Waals surface area contributed by atoms with E-state index in [2.05, 4.69) is 25.1 Å². The van der Waals surface area contributed by atoms with E-state index in [0.717, 1.165) is 36.2 Å². The summed E-state index contributed by atoms with van der Waals surface area (Å²) in [5, 5.41) is 7.66. The summed E-state index contributed by atoms with van der Waals surface area (Å²) in [4.78, 5) is 21.7. The van der Waals surface area contributed by atoms with Crippen LogP contribution in [0.4, 0.5) is 13.2 Å². The van der Waals surface area contributed by atoms with Crippen molar-refractivity contribution in [1.82, 2.24) is 25.3 Å². The number of piperazine rings is 1. The van der Waals surface area contributed by atoms with Gasteiger partial charge in [-0.3, -0.25) is 9.69 Å². The maximum absolute atomic E-state index is 13.1. The SMILES string of the molecule is Cc1cc(-c2noc(CN3C[C@@H]4C[C@H]3CN4)n2)cc2c1C(=O)N(Cc1ccc(OC(F)(F)F)cc1)C2. The van der Waals surface area contributed by atoms with Crippen LogP contribution in [0, 0.1) is 6.92 Å². The summed E-state index contributed by atoms with van der Waals surface area (Å²) in [5.41, 5.74) is 3.81. The molecule has 36 heavy (non-hydrogen) atoms. The first-order valence-corrected chi connectivity index (χ1v) is 11.8. The fraction of sp³-hybridized carbons (Fsp3) is 0.400. The number of aromatic nitrogens is 2. The number of hydrogen-bond donors (Lipinski definition) is 1. The average molecular weight is 499 g/mol. The van der Waals surface area contributed by atoms with Gasteiger partial charge < -0.3 is 19.5 Å². The third-order valence-electron chi connectivity index (χ3n) is 7.04. The van der Waals surface area contributed by atoms with E-state index in [1.54, 1.807) is 4.90 Å². The summed E-state index contributed by atoms with van der Waals surface area (Å²) in [7, 11) is 0. The molecule has 2 bridgehead atoms. The van der Waals surface area contributed by atoms with Crippen LogP contribution in [0.1, 0.15) is 39.4 Å². The van der Waals surface area contributed by atoms with E-state index in [-0.39, 0.29) is 18.2 Å². The van der Waals surface area contributed by atoms with E-state index in [9.17, 15) is 18.0 Å². The minimum atomic E-state index is -4.74. The molecule has 1 N–H and O–H groups in total. The van der Waals surface area contributed by atoms with Crippen molar-refractivity contribution in [3.05, 3.63) is 64.5 Å². The topological polar surface area (TPSA) is 83.7 Å². The van der Waals surface area contributed by atoms with Gasteiger partial charge in [-0.05, 0) is 54.3 Å². The molecule has 0 aliphatic carbocycles. The molecule has 0 radical (unpaired) electrons. The fourth-order valence-electron chi connectivity index (χ4n) is 5.45. The van der Waals surface area contributed by atoms with Crippen molar-refractivity contribution in [3.8, 4) is 17.1 Å².